The molecule has 0 saturated carbocycles. The topological polar surface area (TPSA) is 49.4 Å². The Balaban J connectivity index is 1.40. The van der Waals surface area contributed by atoms with E-state index in [1.54, 1.807) is 6.07 Å². The Bertz CT molecular complexity index is 1110. The van der Waals surface area contributed by atoms with E-state index in [4.69, 9.17) is 0 Å². The molecule has 1 N–H and O–H groups in total. The zero-order valence-electron chi connectivity index (χ0n) is 19.0. The average Bonchev–Trinajstić information content (AvgIpc) is 3.31. The number of nitrogens with one attached hydrogen (secondary N) is 1. The van der Waals surface area contributed by atoms with Crippen molar-refractivity contribution in [1.82, 2.24) is 10.2 Å². The summed E-state index contributed by atoms with van der Waals surface area (Å²) in [4.78, 5) is 28.4. The molecule has 4 nitrogen and oxygen atoms in total. The van der Waals surface area contributed by atoms with E-state index in [0.29, 0.717) is 24.1 Å². The molecule has 2 heterocycles. The summed E-state index contributed by atoms with van der Waals surface area (Å²) in [5.41, 5.74) is 0.732. The van der Waals surface area contributed by atoms with Gasteiger partial charge in [0.15, 0.2) is 0 Å². The Morgan fingerprint density at radius 3 is 2.21 bits per heavy atom. The lowest BCUT2D eigenvalue weighted by Gasteiger charge is -2.35. The second kappa shape index (κ2) is 10.5. The molecular formula is C27H28F2N2O2S. The average molecular weight is 483 g/mol. The molecule has 1 aromatic heterocycles. The number of likely N-dealkylation sites (tertiary alicyclic amines) is 1. The van der Waals surface area contributed by atoms with Crippen LogP contribution >= 0.6 is 11.3 Å². The number of thiophene rings is 1. The summed E-state index contributed by atoms with van der Waals surface area (Å²) in [6.07, 6.45) is 1.93. The van der Waals surface area contributed by atoms with Gasteiger partial charge in [0.05, 0.1) is 10.9 Å². The van der Waals surface area contributed by atoms with Crippen LogP contribution in [0.1, 0.15) is 51.0 Å². The highest BCUT2D eigenvalue weighted by Gasteiger charge is 2.44. The highest BCUT2D eigenvalue weighted by molar-refractivity contribution is 7.13. The second-order valence-electron chi connectivity index (χ2n) is 8.76. The van der Waals surface area contributed by atoms with E-state index in [1.165, 1.54) is 40.5 Å². The van der Waals surface area contributed by atoms with Gasteiger partial charge < -0.3 is 10.2 Å². The molecule has 1 fully saturated rings. The van der Waals surface area contributed by atoms with E-state index < -0.39 is 11.8 Å². The maximum absolute atomic E-state index is 14.7. The van der Waals surface area contributed by atoms with Gasteiger partial charge in [0.2, 0.25) is 0 Å². The predicted molar refractivity (Wildman–Crippen MR) is 130 cm³/mol. The van der Waals surface area contributed by atoms with Gasteiger partial charge in [0.1, 0.15) is 0 Å². The molecule has 3 aromatic rings. The third kappa shape index (κ3) is 5.53. The lowest BCUT2D eigenvalue weighted by molar-refractivity contribution is -0.160. The molecule has 1 unspecified atom stereocenters. The lowest BCUT2D eigenvalue weighted by atomic mass is 9.87. The fourth-order valence-electron chi connectivity index (χ4n) is 4.42. The van der Waals surface area contributed by atoms with E-state index in [0.717, 1.165) is 10.4 Å². The maximum Gasteiger partial charge on any atom is 0.349 e. The highest BCUT2D eigenvalue weighted by atomic mass is 32.1. The van der Waals surface area contributed by atoms with Crippen LogP contribution in [-0.4, -0.2) is 29.8 Å². The minimum absolute atomic E-state index is 0.109. The van der Waals surface area contributed by atoms with E-state index in [2.05, 4.69) is 5.32 Å². The fourth-order valence-corrected chi connectivity index (χ4v) is 5.19. The molecule has 2 aromatic carbocycles. The van der Waals surface area contributed by atoms with Gasteiger partial charge in [-0.2, -0.15) is 8.78 Å². The Hall–Kier alpha value is -3.06. The summed E-state index contributed by atoms with van der Waals surface area (Å²) >= 11 is 1.46. The molecule has 0 aliphatic carbocycles. The van der Waals surface area contributed by atoms with Crippen LogP contribution in [0.15, 0.2) is 72.8 Å². The number of benzene rings is 2. The third-order valence-electron chi connectivity index (χ3n) is 6.35. The predicted octanol–water partition coefficient (Wildman–Crippen LogP) is 5.95. The quantitative estimate of drug-likeness (QED) is 0.453. The van der Waals surface area contributed by atoms with Gasteiger partial charge >= 0.3 is 5.92 Å². The highest BCUT2D eigenvalue weighted by Crippen LogP contribution is 2.34. The van der Waals surface area contributed by atoms with Crippen LogP contribution < -0.4 is 5.32 Å². The number of piperidine rings is 1. The Morgan fingerprint density at radius 1 is 1.00 bits per heavy atom. The first kappa shape index (κ1) is 24.1. The van der Waals surface area contributed by atoms with Gasteiger partial charge in [-0.05, 0) is 49.8 Å². The number of nitrogens with zero attached hydrogens (tertiary/aromatic N) is 1. The van der Waals surface area contributed by atoms with Gasteiger partial charge in [-0.15, -0.1) is 11.3 Å². The van der Waals surface area contributed by atoms with Crippen molar-refractivity contribution in [2.75, 3.05) is 13.1 Å². The Morgan fingerprint density at radius 2 is 1.62 bits per heavy atom. The number of amides is 2. The fraction of sp³-hybridized carbons (Fsp3) is 0.333. The Kier molecular flexibility index (Phi) is 7.41. The molecular weight excluding hydrogens is 454 g/mol. The summed E-state index contributed by atoms with van der Waals surface area (Å²) in [7, 11) is 0. The number of rotatable bonds is 7. The van der Waals surface area contributed by atoms with Crippen molar-refractivity contribution >= 4 is 23.2 Å². The monoisotopic (exact) mass is 482 g/mol. The summed E-state index contributed by atoms with van der Waals surface area (Å²) < 4.78 is 29.5. The van der Waals surface area contributed by atoms with Crippen LogP contribution in [0.4, 0.5) is 8.78 Å². The van der Waals surface area contributed by atoms with Gasteiger partial charge in [-0.3, -0.25) is 9.59 Å². The minimum atomic E-state index is -3.53. The minimum Gasteiger partial charge on any atom is -0.345 e. The number of hydrogen-bond acceptors (Lipinski definition) is 3. The first-order valence-corrected chi connectivity index (χ1v) is 12.3. The number of aryl methyl sites for hydroxylation is 1. The van der Waals surface area contributed by atoms with E-state index >= 15 is 0 Å². The molecule has 0 spiro atoms. The molecule has 1 aliphatic rings. The summed E-state index contributed by atoms with van der Waals surface area (Å²) in [5.74, 6) is -4.57. The van der Waals surface area contributed by atoms with Crippen LogP contribution in [0.25, 0.3) is 0 Å². The first-order chi connectivity index (χ1) is 16.3. The van der Waals surface area contributed by atoms with Crippen molar-refractivity contribution in [3.63, 3.8) is 0 Å². The van der Waals surface area contributed by atoms with E-state index in [9.17, 15) is 18.4 Å². The van der Waals surface area contributed by atoms with Crippen LogP contribution in [0.3, 0.4) is 0 Å². The number of halogens is 2. The van der Waals surface area contributed by atoms with Crippen LogP contribution in [0.5, 0.6) is 0 Å². The van der Waals surface area contributed by atoms with Gasteiger partial charge in [-0.1, -0.05) is 60.7 Å². The first-order valence-electron chi connectivity index (χ1n) is 11.5. The van der Waals surface area contributed by atoms with Gasteiger partial charge in [0, 0.05) is 23.5 Å². The molecule has 1 aliphatic heterocycles. The number of carbonyl (C=O) groups is 2. The number of alkyl halides is 2. The standard InChI is InChI=1S/C27H28F2N2O2S/c1-19-12-13-24(34-19)25(32)30-23(21-8-4-2-5-9-21)18-20-14-16-31(17-15-20)26(33)27(28,29)22-10-6-3-7-11-22/h2-13,20,23H,14-18H2,1H3,(H,30,32). The van der Waals surface area contributed by atoms with Gasteiger partial charge in [0.25, 0.3) is 11.8 Å². The van der Waals surface area contributed by atoms with E-state index in [-0.39, 0.29) is 36.5 Å². The van der Waals surface area contributed by atoms with Crippen molar-refractivity contribution in [3.8, 4) is 0 Å². The van der Waals surface area contributed by atoms with Crippen LogP contribution in [-0.2, 0) is 10.7 Å². The van der Waals surface area contributed by atoms with Crippen LogP contribution in [0, 0.1) is 12.8 Å². The largest absolute Gasteiger partial charge is 0.349 e. The van der Waals surface area contributed by atoms with Crippen molar-refractivity contribution in [1.29, 1.82) is 0 Å². The SMILES string of the molecule is Cc1ccc(C(=O)NC(CC2CCN(C(=O)C(F)(F)c3ccccc3)CC2)c2ccccc2)s1. The molecule has 34 heavy (non-hydrogen) atoms. The second-order valence-corrected chi connectivity index (χ2v) is 10.0. The molecule has 0 radical (unpaired) electrons. The summed E-state index contributed by atoms with van der Waals surface area (Å²) in [6.45, 7) is 2.53. The molecule has 4 rings (SSSR count). The lowest BCUT2D eigenvalue weighted by Crippen LogP contribution is -2.46. The molecule has 7 heteroatoms. The summed E-state index contributed by atoms with van der Waals surface area (Å²) in [5, 5.41) is 3.16. The Labute approximate surface area is 202 Å². The molecule has 2 amide bonds. The van der Waals surface area contributed by atoms with E-state index in [1.807, 2.05) is 49.4 Å². The summed E-state index contributed by atoms with van der Waals surface area (Å²) in [6, 6.07) is 20.6. The zero-order chi connectivity index (χ0) is 24.1. The van der Waals surface area contributed by atoms with Crippen LogP contribution in [0.2, 0.25) is 0 Å². The van der Waals surface area contributed by atoms with Gasteiger partial charge in [-0.25, -0.2) is 0 Å². The zero-order valence-corrected chi connectivity index (χ0v) is 19.9. The molecule has 1 saturated heterocycles. The number of hydrogen-bond donors (Lipinski definition) is 1. The van der Waals surface area contributed by atoms with Crippen molar-refractivity contribution in [3.05, 3.63) is 93.7 Å². The maximum atomic E-state index is 14.7. The number of carbonyl (C=O) groups excluding carboxylic acids is 2. The van der Waals surface area contributed by atoms with Crippen molar-refractivity contribution < 1.29 is 18.4 Å². The normalized spacial score (nSPS) is 15.7. The van der Waals surface area contributed by atoms with Crippen molar-refractivity contribution in [2.24, 2.45) is 5.92 Å². The van der Waals surface area contributed by atoms with Crippen molar-refractivity contribution in [2.45, 2.75) is 38.2 Å². The molecule has 178 valence electrons. The smallest absolute Gasteiger partial charge is 0.345 e. The third-order valence-corrected chi connectivity index (χ3v) is 7.35. The molecule has 1 atom stereocenters. The molecule has 0 bridgehead atoms.